The van der Waals surface area contributed by atoms with Crippen molar-refractivity contribution in [2.75, 3.05) is 13.1 Å². The second-order valence-electron chi connectivity index (χ2n) is 8.84. The molecular weight excluding hydrogens is 322 g/mol. The van der Waals surface area contributed by atoms with Crippen molar-refractivity contribution in [3.05, 3.63) is 41.5 Å². The molecule has 2 aliphatic carbocycles. The number of allylic oxidation sites excluding steroid dienone is 1. The molecular formula is C23H31NO2. The maximum atomic E-state index is 11.9. The third-order valence-electron chi connectivity index (χ3n) is 7.50. The van der Waals surface area contributed by atoms with Crippen molar-refractivity contribution in [2.45, 2.75) is 63.8 Å². The van der Waals surface area contributed by atoms with Gasteiger partial charge in [-0.1, -0.05) is 56.7 Å². The number of carboxylic acids is 1. The Morgan fingerprint density at radius 2 is 2.12 bits per heavy atom. The molecule has 0 radical (unpaired) electrons. The average molecular weight is 354 g/mol. The second-order valence-corrected chi connectivity index (χ2v) is 8.84. The molecule has 4 rings (SSSR count). The van der Waals surface area contributed by atoms with Gasteiger partial charge in [0.2, 0.25) is 0 Å². The Morgan fingerprint density at radius 3 is 2.85 bits per heavy atom. The molecule has 1 spiro atoms. The molecule has 1 saturated heterocycles. The fourth-order valence-electron chi connectivity index (χ4n) is 5.97. The highest BCUT2D eigenvalue weighted by Gasteiger charge is 2.49. The zero-order valence-electron chi connectivity index (χ0n) is 16.1. The fourth-order valence-corrected chi connectivity index (χ4v) is 5.97. The first-order valence-electron chi connectivity index (χ1n) is 10.3. The van der Waals surface area contributed by atoms with E-state index < -0.39 is 11.4 Å². The van der Waals surface area contributed by atoms with Crippen molar-refractivity contribution in [1.29, 1.82) is 0 Å². The van der Waals surface area contributed by atoms with Crippen LogP contribution in [0.3, 0.4) is 0 Å². The van der Waals surface area contributed by atoms with E-state index in [1.807, 2.05) is 0 Å². The molecule has 0 bridgehead atoms. The lowest BCUT2D eigenvalue weighted by Gasteiger charge is -2.46. The summed E-state index contributed by atoms with van der Waals surface area (Å²) in [5.74, 6) is -0.0156. The van der Waals surface area contributed by atoms with Crippen LogP contribution in [0, 0.1) is 11.3 Å². The number of nitrogens with zero attached hydrogens (tertiary/aromatic N) is 1. The van der Waals surface area contributed by atoms with Crippen LogP contribution in [0.15, 0.2) is 30.3 Å². The van der Waals surface area contributed by atoms with Gasteiger partial charge in [-0.25, -0.2) is 0 Å². The van der Waals surface area contributed by atoms with Gasteiger partial charge in [0.25, 0.3) is 0 Å². The molecule has 1 saturated carbocycles. The zero-order chi connectivity index (χ0) is 18.4. The molecule has 26 heavy (non-hydrogen) atoms. The SMILES string of the molecule is CCCC1(C(=O)O)CCC(N2CC[C@@]3(C=Cc4ccccc43)[C@@H](C)C2)C1. The summed E-state index contributed by atoms with van der Waals surface area (Å²) in [6.45, 7) is 6.64. The van der Waals surface area contributed by atoms with Crippen molar-refractivity contribution in [1.82, 2.24) is 4.90 Å². The maximum absolute atomic E-state index is 11.9. The minimum absolute atomic E-state index is 0.180. The van der Waals surface area contributed by atoms with Gasteiger partial charge in [-0.2, -0.15) is 0 Å². The highest BCUT2D eigenvalue weighted by Crippen LogP contribution is 2.50. The van der Waals surface area contributed by atoms with Crippen LogP contribution < -0.4 is 0 Å². The highest BCUT2D eigenvalue weighted by molar-refractivity contribution is 5.75. The molecule has 1 aromatic rings. The van der Waals surface area contributed by atoms with Crippen LogP contribution in [0.5, 0.6) is 0 Å². The van der Waals surface area contributed by atoms with Crippen LogP contribution >= 0.6 is 0 Å². The van der Waals surface area contributed by atoms with Crippen LogP contribution in [0.4, 0.5) is 0 Å². The van der Waals surface area contributed by atoms with Crippen LogP contribution in [0.25, 0.3) is 6.08 Å². The van der Waals surface area contributed by atoms with Crippen molar-refractivity contribution in [3.8, 4) is 0 Å². The summed E-state index contributed by atoms with van der Waals surface area (Å²) < 4.78 is 0. The molecule has 3 aliphatic rings. The summed E-state index contributed by atoms with van der Waals surface area (Å²) in [5.41, 5.74) is 2.57. The number of carboxylic acid groups (broad SMARTS) is 1. The molecule has 0 aromatic heterocycles. The van der Waals surface area contributed by atoms with Crippen molar-refractivity contribution in [2.24, 2.45) is 11.3 Å². The molecule has 4 atom stereocenters. The Morgan fingerprint density at radius 1 is 1.31 bits per heavy atom. The van der Waals surface area contributed by atoms with Gasteiger partial charge in [-0.3, -0.25) is 9.69 Å². The van der Waals surface area contributed by atoms with Crippen LogP contribution in [0.2, 0.25) is 0 Å². The van der Waals surface area contributed by atoms with E-state index in [4.69, 9.17) is 0 Å². The van der Waals surface area contributed by atoms with Gasteiger partial charge >= 0.3 is 5.97 Å². The Bertz CT molecular complexity index is 727. The minimum Gasteiger partial charge on any atom is -0.481 e. The Hall–Kier alpha value is -1.61. The number of carbonyl (C=O) groups is 1. The predicted molar refractivity (Wildman–Crippen MR) is 105 cm³/mol. The molecule has 1 N–H and O–H groups in total. The van der Waals surface area contributed by atoms with E-state index in [1.165, 1.54) is 11.1 Å². The summed E-state index contributed by atoms with van der Waals surface area (Å²) in [4.78, 5) is 14.5. The lowest BCUT2D eigenvalue weighted by Crippen LogP contribution is -2.50. The summed E-state index contributed by atoms with van der Waals surface area (Å²) in [6, 6.07) is 9.25. The summed E-state index contributed by atoms with van der Waals surface area (Å²) in [7, 11) is 0. The van der Waals surface area contributed by atoms with Gasteiger partial charge in [-0.15, -0.1) is 0 Å². The molecule has 1 aliphatic heterocycles. The smallest absolute Gasteiger partial charge is 0.309 e. The van der Waals surface area contributed by atoms with Gasteiger partial charge in [0, 0.05) is 18.0 Å². The Labute approximate surface area is 157 Å². The maximum Gasteiger partial charge on any atom is 0.309 e. The Kier molecular flexibility index (Phi) is 4.46. The van der Waals surface area contributed by atoms with E-state index in [0.29, 0.717) is 12.0 Å². The quantitative estimate of drug-likeness (QED) is 0.852. The minimum atomic E-state index is -0.573. The monoisotopic (exact) mass is 353 g/mol. The summed E-state index contributed by atoms with van der Waals surface area (Å²) in [5, 5.41) is 9.81. The fraction of sp³-hybridized carbons (Fsp3) is 0.609. The van der Waals surface area contributed by atoms with E-state index >= 15 is 0 Å². The number of fused-ring (bicyclic) bond motifs is 2. The average Bonchev–Trinajstić information content (AvgIpc) is 3.22. The van der Waals surface area contributed by atoms with Crippen LogP contribution in [0.1, 0.15) is 63.5 Å². The van der Waals surface area contributed by atoms with Crippen LogP contribution in [-0.2, 0) is 10.2 Å². The molecule has 3 nitrogen and oxygen atoms in total. The number of likely N-dealkylation sites (tertiary alicyclic amines) is 1. The van der Waals surface area contributed by atoms with E-state index in [-0.39, 0.29) is 5.41 Å². The number of hydrogen-bond acceptors (Lipinski definition) is 2. The normalized spacial score (nSPS) is 36.5. The van der Waals surface area contributed by atoms with Crippen molar-refractivity contribution < 1.29 is 9.90 Å². The third kappa shape index (κ3) is 2.63. The first-order valence-corrected chi connectivity index (χ1v) is 10.3. The van der Waals surface area contributed by atoms with Crippen LogP contribution in [-0.4, -0.2) is 35.1 Å². The lowest BCUT2D eigenvalue weighted by molar-refractivity contribution is -0.149. The van der Waals surface area contributed by atoms with Gasteiger partial charge < -0.3 is 5.11 Å². The number of rotatable bonds is 4. The predicted octanol–water partition coefficient (Wildman–Crippen LogP) is 4.72. The topological polar surface area (TPSA) is 40.5 Å². The molecule has 0 amide bonds. The number of hydrogen-bond donors (Lipinski definition) is 1. The molecule has 1 heterocycles. The Balaban J connectivity index is 1.49. The molecule has 2 unspecified atom stereocenters. The van der Waals surface area contributed by atoms with Gasteiger partial charge in [0.1, 0.15) is 0 Å². The van der Waals surface area contributed by atoms with Crippen molar-refractivity contribution in [3.63, 3.8) is 0 Å². The standard InChI is InChI=1S/C23H31NO2/c1-3-10-22(21(25)26)11-9-19(15-22)24-14-13-23(17(2)16-24)12-8-18-6-4-5-7-20(18)23/h4-8,12,17,19H,3,9-11,13-16H2,1-2H3,(H,25,26)/t17-,19?,22?,23-/m0/s1. The van der Waals surface area contributed by atoms with Gasteiger partial charge in [-0.05, 0) is 55.7 Å². The van der Waals surface area contributed by atoms with Gasteiger partial charge in [0.15, 0.2) is 0 Å². The van der Waals surface area contributed by atoms with Gasteiger partial charge in [0.05, 0.1) is 5.41 Å². The summed E-state index contributed by atoms with van der Waals surface area (Å²) in [6.07, 6.45) is 10.4. The molecule has 3 heteroatoms. The lowest BCUT2D eigenvalue weighted by atomic mass is 9.67. The first-order chi connectivity index (χ1) is 12.5. The third-order valence-corrected chi connectivity index (χ3v) is 7.50. The molecule has 1 aromatic carbocycles. The van der Waals surface area contributed by atoms with E-state index in [1.54, 1.807) is 0 Å². The van der Waals surface area contributed by atoms with E-state index in [2.05, 4.69) is 55.2 Å². The molecule has 2 fully saturated rings. The largest absolute Gasteiger partial charge is 0.481 e. The van der Waals surface area contributed by atoms with E-state index in [0.717, 1.165) is 51.6 Å². The van der Waals surface area contributed by atoms with Crippen molar-refractivity contribution >= 4 is 12.0 Å². The number of benzene rings is 1. The van der Waals surface area contributed by atoms with E-state index in [9.17, 15) is 9.90 Å². The number of aliphatic carboxylic acids is 1. The first kappa shape index (κ1) is 17.8. The second kappa shape index (κ2) is 6.53. The summed E-state index contributed by atoms with van der Waals surface area (Å²) >= 11 is 0. The number of piperidine rings is 1. The zero-order valence-corrected chi connectivity index (χ0v) is 16.1. The highest BCUT2D eigenvalue weighted by atomic mass is 16.4. The molecule has 140 valence electrons.